The predicted molar refractivity (Wildman–Crippen MR) is 69.5 cm³/mol. The lowest BCUT2D eigenvalue weighted by molar-refractivity contribution is -0.116. The summed E-state index contributed by atoms with van der Waals surface area (Å²) in [7, 11) is 0. The summed E-state index contributed by atoms with van der Waals surface area (Å²) in [5, 5.41) is 11.2. The van der Waals surface area contributed by atoms with Crippen LogP contribution in [0.2, 0.25) is 0 Å². The van der Waals surface area contributed by atoms with Crippen molar-refractivity contribution < 1.29 is 19.1 Å². The van der Waals surface area contributed by atoms with Crippen molar-refractivity contribution >= 4 is 17.6 Å². The summed E-state index contributed by atoms with van der Waals surface area (Å²) in [5.74, 6) is -2.47. The normalized spacial score (nSPS) is 11.9. The van der Waals surface area contributed by atoms with Crippen molar-refractivity contribution in [1.82, 2.24) is 0 Å². The van der Waals surface area contributed by atoms with Gasteiger partial charge in [-0.1, -0.05) is 6.07 Å². The molecule has 0 saturated heterocycles. The predicted octanol–water partition coefficient (Wildman–Crippen LogP) is 1.98. The first kappa shape index (κ1) is 15.1. The summed E-state index contributed by atoms with van der Waals surface area (Å²) in [6.07, 6.45) is 1.42. The molecule has 1 rings (SSSR count). The lowest BCUT2D eigenvalue weighted by Gasteiger charge is -2.10. The SMILES string of the molecule is CC(N)CCCC(=O)Nc1c(F)cccc1C(=O)O. The summed E-state index contributed by atoms with van der Waals surface area (Å²) < 4.78 is 13.5. The molecule has 1 atom stereocenters. The topological polar surface area (TPSA) is 92.4 Å². The number of amides is 1. The van der Waals surface area contributed by atoms with Gasteiger partial charge in [-0.15, -0.1) is 0 Å². The number of aromatic carboxylic acids is 1. The van der Waals surface area contributed by atoms with Gasteiger partial charge in [0.25, 0.3) is 0 Å². The number of carboxylic acids is 1. The minimum absolute atomic E-state index is 0.00385. The smallest absolute Gasteiger partial charge is 0.337 e. The maximum Gasteiger partial charge on any atom is 0.337 e. The summed E-state index contributed by atoms with van der Waals surface area (Å²) in [6, 6.07) is 3.62. The molecule has 0 aliphatic rings. The van der Waals surface area contributed by atoms with E-state index in [9.17, 15) is 14.0 Å². The van der Waals surface area contributed by atoms with Crippen LogP contribution in [0, 0.1) is 5.82 Å². The lowest BCUT2D eigenvalue weighted by Crippen LogP contribution is -2.18. The second-order valence-corrected chi connectivity index (χ2v) is 4.39. The number of nitrogens with two attached hydrogens (primary N) is 1. The monoisotopic (exact) mass is 268 g/mol. The molecule has 0 radical (unpaired) electrons. The Hall–Kier alpha value is -1.95. The molecule has 1 aromatic rings. The third-order valence-electron chi connectivity index (χ3n) is 2.57. The number of nitrogens with one attached hydrogen (secondary N) is 1. The number of hydrogen-bond acceptors (Lipinski definition) is 3. The van der Waals surface area contributed by atoms with Gasteiger partial charge in [0, 0.05) is 12.5 Å². The molecule has 5 nitrogen and oxygen atoms in total. The number of carbonyl (C=O) groups excluding carboxylic acids is 1. The van der Waals surface area contributed by atoms with Gasteiger partial charge in [0.1, 0.15) is 5.82 Å². The van der Waals surface area contributed by atoms with E-state index in [-0.39, 0.29) is 23.7 Å². The Kier molecular flexibility index (Phi) is 5.44. The van der Waals surface area contributed by atoms with E-state index in [2.05, 4.69) is 5.32 Å². The van der Waals surface area contributed by atoms with Gasteiger partial charge in [-0.25, -0.2) is 9.18 Å². The lowest BCUT2D eigenvalue weighted by atomic mass is 10.1. The van der Waals surface area contributed by atoms with Crippen LogP contribution in [0.5, 0.6) is 0 Å². The molecule has 0 aromatic heterocycles. The van der Waals surface area contributed by atoms with Crippen molar-refractivity contribution in [3.63, 3.8) is 0 Å². The summed E-state index contributed by atoms with van der Waals surface area (Å²) in [6.45, 7) is 1.83. The molecule has 0 heterocycles. The molecule has 1 amide bonds. The molecule has 0 aliphatic heterocycles. The van der Waals surface area contributed by atoms with E-state index in [0.717, 1.165) is 6.07 Å². The molecule has 0 saturated carbocycles. The Labute approximate surface area is 110 Å². The van der Waals surface area contributed by atoms with Crippen LogP contribution in [0.1, 0.15) is 36.5 Å². The standard InChI is InChI=1S/C13H17FN2O3/c1-8(15)4-2-7-11(17)16-12-9(13(18)19)5-3-6-10(12)14/h3,5-6,8H,2,4,7,15H2,1H3,(H,16,17)(H,18,19). The molecular formula is C13H17FN2O3. The number of hydrogen-bond donors (Lipinski definition) is 3. The molecule has 0 spiro atoms. The van der Waals surface area contributed by atoms with E-state index in [1.54, 1.807) is 0 Å². The minimum Gasteiger partial charge on any atom is -0.478 e. The molecule has 0 aliphatic carbocycles. The molecule has 0 bridgehead atoms. The number of anilines is 1. The zero-order chi connectivity index (χ0) is 14.4. The number of carbonyl (C=O) groups is 2. The highest BCUT2D eigenvalue weighted by Gasteiger charge is 2.16. The highest BCUT2D eigenvalue weighted by molar-refractivity contribution is 6.00. The van der Waals surface area contributed by atoms with Crippen LogP contribution in [-0.2, 0) is 4.79 Å². The van der Waals surface area contributed by atoms with E-state index in [0.29, 0.717) is 12.8 Å². The van der Waals surface area contributed by atoms with Crippen molar-refractivity contribution in [2.45, 2.75) is 32.2 Å². The fourth-order valence-corrected chi connectivity index (χ4v) is 1.62. The quantitative estimate of drug-likeness (QED) is 0.735. The molecule has 1 aromatic carbocycles. The van der Waals surface area contributed by atoms with Crippen molar-refractivity contribution in [2.24, 2.45) is 5.73 Å². The number of rotatable bonds is 6. The fourth-order valence-electron chi connectivity index (χ4n) is 1.62. The largest absolute Gasteiger partial charge is 0.478 e. The zero-order valence-electron chi connectivity index (χ0n) is 10.6. The Morgan fingerprint density at radius 3 is 2.74 bits per heavy atom. The van der Waals surface area contributed by atoms with E-state index in [1.165, 1.54) is 12.1 Å². The number of para-hydroxylation sites is 1. The molecule has 104 valence electrons. The molecule has 6 heteroatoms. The van der Waals surface area contributed by atoms with Crippen LogP contribution < -0.4 is 11.1 Å². The van der Waals surface area contributed by atoms with Crippen LogP contribution in [0.15, 0.2) is 18.2 Å². The van der Waals surface area contributed by atoms with Gasteiger partial charge in [-0.2, -0.15) is 0 Å². The van der Waals surface area contributed by atoms with Crippen molar-refractivity contribution in [2.75, 3.05) is 5.32 Å². The van der Waals surface area contributed by atoms with Crippen LogP contribution >= 0.6 is 0 Å². The van der Waals surface area contributed by atoms with E-state index in [1.807, 2.05) is 6.92 Å². The third-order valence-corrected chi connectivity index (χ3v) is 2.57. The van der Waals surface area contributed by atoms with Gasteiger partial charge in [0.2, 0.25) is 5.91 Å². The highest BCUT2D eigenvalue weighted by atomic mass is 19.1. The Morgan fingerprint density at radius 1 is 1.47 bits per heavy atom. The second-order valence-electron chi connectivity index (χ2n) is 4.39. The molecule has 1 unspecified atom stereocenters. The maximum atomic E-state index is 13.5. The first-order valence-corrected chi connectivity index (χ1v) is 5.99. The van der Waals surface area contributed by atoms with Gasteiger partial charge in [-0.3, -0.25) is 4.79 Å². The van der Waals surface area contributed by atoms with E-state index in [4.69, 9.17) is 10.8 Å². The Balaban J connectivity index is 2.71. The van der Waals surface area contributed by atoms with Crippen LogP contribution in [-0.4, -0.2) is 23.0 Å². The molecule has 19 heavy (non-hydrogen) atoms. The fraction of sp³-hybridized carbons (Fsp3) is 0.385. The van der Waals surface area contributed by atoms with Gasteiger partial charge in [0.05, 0.1) is 11.3 Å². The Bertz CT molecular complexity index is 475. The highest BCUT2D eigenvalue weighted by Crippen LogP contribution is 2.20. The molecular weight excluding hydrogens is 251 g/mol. The average Bonchev–Trinajstić information content (AvgIpc) is 2.30. The first-order valence-electron chi connectivity index (χ1n) is 5.99. The summed E-state index contributed by atoms with van der Waals surface area (Å²) in [5.41, 5.74) is 5.00. The Morgan fingerprint density at radius 2 is 2.16 bits per heavy atom. The second kappa shape index (κ2) is 6.84. The van der Waals surface area contributed by atoms with E-state index >= 15 is 0 Å². The first-order chi connectivity index (χ1) is 8.91. The molecule has 0 fully saturated rings. The minimum atomic E-state index is -1.29. The number of halogens is 1. The van der Waals surface area contributed by atoms with Crippen LogP contribution in [0.4, 0.5) is 10.1 Å². The molecule has 4 N–H and O–H groups in total. The van der Waals surface area contributed by atoms with Crippen LogP contribution in [0.3, 0.4) is 0 Å². The third kappa shape index (κ3) is 4.67. The maximum absolute atomic E-state index is 13.5. The van der Waals surface area contributed by atoms with Crippen molar-refractivity contribution in [3.05, 3.63) is 29.6 Å². The number of benzene rings is 1. The summed E-state index contributed by atoms with van der Waals surface area (Å²) in [4.78, 5) is 22.5. The van der Waals surface area contributed by atoms with Gasteiger partial charge >= 0.3 is 5.97 Å². The average molecular weight is 268 g/mol. The summed E-state index contributed by atoms with van der Waals surface area (Å²) >= 11 is 0. The number of carboxylic acid groups (broad SMARTS) is 1. The van der Waals surface area contributed by atoms with Gasteiger partial charge in [0.15, 0.2) is 0 Å². The van der Waals surface area contributed by atoms with Gasteiger partial charge in [-0.05, 0) is 31.9 Å². The van der Waals surface area contributed by atoms with Crippen molar-refractivity contribution in [1.29, 1.82) is 0 Å². The van der Waals surface area contributed by atoms with Crippen LogP contribution in [0.25, 0.3) is 0 Å². The van der Waals surface area contributed by atoms with E-state index < -0.39 is 17.7 Å². The zero-order valence-corrected chi connectivity index (χ0v) is 10.6. The van der Waals surface area contributed by atoms with Crippen molar-refractivity contribution in [3.8, 4) is 0 Å². The van der Waals surface area contributed by atoms with Gasteiger partial charge < -0.3 is 16.2 Å².